The van der Waals surface area contributed by atoms with Crippen LogP contribution in [-0.2, 0) is 11.2 Å². The summed E-state index contributed by atoms with van der Waals surface area (Å²) in [5.41, 5.74) is 0.0387. The molecule has 1 aromatic carbocycles. The van der Waals surface area contributed by atoms with Gasteiger partial charge in [-0.1, -0.05) is 15.9 Å². The van der Waals surface area contributed by atoms with Gasteiger partial charge in [0.25, 0.3) is 0 Å². The van der Waals surface area contributed by atoms with Crippen LogP contribution in [0.1, 0.15) is 5.56 Å². The summed E-state index contributed by atoms with van der Waals surface area (Å²) < 4.78 is 13.3. The van der Waals surface area contributed by atoms with Gasteiger partial charge in [0, 0.05) is 16.5 Å². The molecule has 0 saturated heterocycles. The highest BCUT2D eigenvalue weighted by atomic mass is 79.9. The number of aliphatic hydroxyl groups is 1. The Balaban J connectivity index is 2.99. The zero-order chi connectivity index (χ0) is 11.6. The number of carbonyl (C=O) groups is 1. The van der Waals surface area contributed by atoms with Crippen molar-refractivity contribution in [1.82, 2.24) is 0 Å². The largest absolute Gasteiger partial charge is 0.505 e. The van der Waals surface area contributed by atoms with E-state index in [1.807, 2.05) is 0 Å². The molecule has 0 spiro atoms. The van der Waals surface area contributed by atoms with E-state index < -0.39 is 23.6 Å². The van der Waals surface area contributed by atoms with Crippen molar-refractivity contribution in [1.29, 1.82) is 0 Å². The SMILES string of the molecule is O=C(O)C(O)Cc1cc(Br)cc(F)c1O. The first-order valence-electron chi connectivity index (χ1n) is 3.99. The first kappa shape index (κ1) is 11.9. The van der Waals surface area contributed by atoms with Crippen LogP contribution in [0, 0.1) is 5.82 Å². The van der Waals surface area contributed by atoms with Crippen molar-refractivity contribution in [2.75, 3.05) is 0 Å². The smallest absolute Gasteiger partial charge is 0.332 e. The van der Waals surface area contributed by atoms with E-state index in [-0.39, 0.29) is 12.0 Å². The van der Waals surface area contributed by atoms with Gasteiger partial charge in [-0.2, -0.15) is 0 Å². The molecule has 1 aromatic rings. The van der Waals surface area contributed by atoms with Crippen molar-refractivity contribution in [3.63, 3.8) is 0 Å². The summed E-state index contributed by atoms with van der Waals surface area (Å²) in [6, 6.07) is 2.40. The average molecular weight is 279 g/mol. The highest BCUT2D eigenvalue weighted by Crippen LogP contribution is 2.26. The fraction of sp³-hybridized carbons (Fsp3) is 0.222. The molecule has 4 nitrogen and oxygen atoms in total. The van der Waals surface area contributed by atoms with Crippen LogP contribution < -0.4 is 0 Å². The summed E-state index contributed by atoms with van der Waals surface area (Å²) in [5, 5.41) is 26.7. The maximum absolute atomic E-state index is 13.0. The normalized spacial score (nSPS) is 12.5. The molecule has 0 saturated carbocycles. The third-order valence-corrected chi connectivity index (χ3v) is 2.26. The number of carboxylic acid groups (broad SMARTS) is 1. The van der Waals surface area contributed by atoms with E-state index in [2.05, 4.69) is 15.9 Å². The topological polar surface area (TPSA) is 77.8 Å². The van der Waals surface area contributed by atoms with Crippen LogP contribution >= 0.6 is 15.9 Å². The van der Waals surface area contributed by atoms with Crippen LogP contribution in [0.3, 0.4) is 0 Å². The van der Waals surface area contributed by atoms with Crippen molar-refractivity contribution >= 4 is 21.9 Å². The zero-order valence-electron chi connectivity index (χ0n) is 7.44. The minimum Gasteiger partial charge on any atom is -0.505 e. The second-order valence-electron chi connectivity index (χ2n) is 2.95. The number of phenolic OH excluding ortho intramolecular Hbond substituents is 1. The number of rotatable bonds is 3. The molecule has 0 aliphatic heterocycles. The van der Waals surface area contributed by atoms with Crippen LogP contribution in [0.4, 0.5) is 4.39 Å². The van der Waals surface area contributed by atoms with Gasteiger partial charge in [-0.3, -0.25) is 0 Å². The lowest BCUT2D eigenvalue weighted by molar-refractivity contribution is -0.146. The van der Waals surface area contributed by atoms with Gasteiger partial charge in [0.2, 0.25) is 0 Å². The number of aliphatic carboxylic acids is 1. The molecule has 1 atom stereocenters. The number of aliphatic hydroxyl groups excluding tert-OH is 1. The van der Waals surface area contributed by atoms with E-state index in [1.54, 1.807) is 0 Å². The van der Waals surface area contributed by atoms with Crippen LogP contribution in [0.15, 0.2) is 16.6 Å². The minimum atomic E-state index is -1.66. The fourth-order valence-corrected chi connectivity index (χ4v) is 1.55. The lowest BCUT2D eigenvalue weighted by Crippen LogP contribution is -2.22. The van der Waals surface area contributed by atoms with Crippen molar-refractivity contribution in [3.8, 4) is 5.75 Å². The molecule has 0 bridgehead atoms. The Morgan fingerprint density at radius 1 is 1.53 bits per heavy atom. The van der Waals surface area contributed by atoms with E-state index in [4.69, 9.17) is 10.2 Å². The van der Waals surface area contributed by atoms with Crippen LogP contribution in [0.25, 0.3) is 0 Å². The zero-order valence-corrected chi connectivity index (χ0v) is 9.03. The Morgan fingerprint density at radius 3 is 2.67 bits per heavy atom. The number of hydrogen-bond donors (Lipinski definition) is 3. The Bertz CT molecular complexity index is 394. The number of phenols is 1. The third-order valence-electron chi connectivity index (χ3n) is 1.81. The summed E-state index contributed by atoms with van der Waals surface area (Å²) in [7, 11) is 0. The monoisotopic (exact) mass is 278 g/mol. The molecular formula is C9H8BrFO4. The van der Waals surface area contributed by atoms with Crippen LogP contribution in [0.5, 0.6) is 5.75 Å². The minimum absolute atomic E-state index is 0.0387. The van der Waals surface area contributed by atoms with E-state index in [1.165, 1.54) is 6.07 Å². The highest BCUT2D eigenvalue weighted by Gasteiger charge is 2.18. The highest BCUT2D eigenvalue weighted by molar-refractivity contribution is 9.10. The first-order valence-corrected chi connectivity index (χ1v) is 4.79. The molecule has 1 rings (SSSR count). The molecule has 0 aromatic heterocycles. The van der Waals surface area contributed by atoms with E-state index >= 15 is 0 Å². The molecule has 0 fully saturated rings. The molecule has 6 heteroatoms. The van der Waals surface area contributed by atoms with Gasteiger partial charge in [0.15, 0.2) is 17.7 Å². The predicted octanol–water partition coefficient (Wildman–Crippen LogP) is 1.28. The second-order valence-corrected chi connectivity index (χ2v) is 3.87. The lowest BCUT2D eigenvalue weighted by Gasteiger charge is -2.08. The van der Waals surface area contributed by atoms with E-state index in [9.17, 15) is 14.3 Å². The van der Waals surface area contributed by atoms with Gasteiger partial charge in [0.05, 0.1) is 0 Å². The lowest BCUT2D eigenvalue weighted by atomic mass is 10.1. The summed E-state index contributed by atoms with van der Waals surface area (Å²) in [5.74, 6) is -2.93. The molecule has 0 radical (unpaired) electrons. The van der Waals surface area contributed by atoms with Gasteiger partial charge in [0.1, 0.15) is 0 Å². The van der Waals surface area contributed by atoms with E-state index in [0.717, 1.165) is 6.07 Å². The molecule has 82 valence electrons. The average Bonchev–Trinajstić information content (AvgIpc) is 2.13. The van der Waals surface area contributed by atoms with Gasteiger partial charge in [-0.05, 0) is 12.1 Å². The summed E-state index contributed by atoms with van der Waals surface area (Å²) in [6.07, 6.45) is -2.01. The molecule has 0 heterocycles. The maximum Gasteiger partial charge on any atom is 0.332 e. The van der Waals surface area contributed by atoms with Crippen LogP contribution in [-0.4, -0.2) is 27.4 Å². The number of hydrogen-bond acceptors (Lipinski definition) is 3. The summed E-state index contributed by atoms with van der Waals surface area (Å²) in [6.45, 7) is 0. The van der Waals surface area contributed by atoms with Gasteiger partial charge in [-0.25, -0.2) is 9.18 Å². The van der Waals surface area contributed by atoms with E-state index in [0.29, 0.717) is 4.47 Å². The molecular weight excluding hydrogens is 271 g/mol. The fourth-order valence-electron chi connectivity index (χ4n) is 1.07. The molecule has 0 aliphatic carbocycles. The Morgan fingerprint density at radius 2 is 2.13 bits per heavy atom. The van der Waals surface area contributed by atoms with Crippen molar-refractivity contribution in [3.05, 3.63) is 28.0 Å². The summed E-state index contributed by atoms with van der Waals surface area (Å²) in [4.78, 5) is 10.3. The molecule has 15 heavy (non-hydrogen) atoms. The van der Waals surface area contributed by atoms with Crippen molar-refractivity contribution in [2.45, 2.75) is 12.5 Å². The predicted molar refractivity (Wildman–Crippen MR) is 53.1 cm³/mol. The van der Waals surface area contributed by atoms with Gasteiger partial charge in [-0.15, -0.1) is 0 Å². The van der Waals surface area contributed by atoms with Crippen molar-refractivity contribution < 1.29 is 24.5 Å². The third kappa shape index (κ3) is 2.90. The number of aromatic hydroxyl groups is 1. The van der Waals surface area contributed by atoms with Crippen LogP contribution in [0.2, 0.25) is 0 Å². The summed E-state index contributed by atoms with van der Waals surface area (Å²) >= 11 is 2.99. The Labute approximate surface area is 93.1 Å². The molecule has 0 amide bonds. The molecule has 1 unspecified atom stereocenters. The second kappa shape index (κ2) is 4.59. The van der Waals surface area contributed by atoms with Crippen molar-refractivity contribution in [2.24, 2.45) is 0 Å². The quantitative estimate of drug-likeness (QED) is 0.779. The van der Waals surface area contributed by atoms with Gasteiger partial charge < -0.3 is 15.3 Å². The number of carboxylic acids is 1. The molecule has 3 N–H and O–H groups in total. The number of halogens is 2. The van der Waals surface area contributed by atoms with Gasteiger partial charge >= 0.3 is 5.97 Å². The Hall–Kier alpha value is -1.14. The first-order chi connectivity index (χ1) is 6.91. The Kier molecular flexibility index (Phi) is 3.65. The maximum atomic E-state index is 13.0. The number of benzene rings is 1. The molecule has 0 aliphatic rings. The standard InChI is InChI=1S/C9H8BrFO4/c10-5-1-4(2-7(12)9(14)15)8(13)6(11)3-5/h1,3,7,12-13H,2H2,(H,14,15).